The molecule has 3 nitrogen and oxygen atoms in total. The van der Waals surface area contributed by atoms with Gasteiger partial charge in [-0.25, -0.2) is 0 Å². The molecule has 0 fully saturated rings. The average Bonchev–Trinajstić information content (AvgIpc) is 2.23. The SMILES string of the molecule is Cc1cc(C#N)[n+]([O-])c2ccccc12. The molecule has 0 unspecified atom stereocenters. The summed E-state index contributed by atoms with van der Waals surface area (Å²) in [6, 6.07) is 10.7. The van der Waals surface area contributed by atoms with Crippen LogP contribution in [0, 0.1) is 23.5 Å². The highest BCUT2D eigenvalue weighted by Crippen LogP contribution is 2.15. The first-order valence-corrected chi connectivity index (χ1v) is 4.26. The van der Waals surface area contributed by atoms with E-state index < -0.39 is 0 Å². The standard InChI is InChI=1S/C11H8N2O/c1-8-6-9(7-12)13(14)11-5-3-2-4-10(8)11/h2-6H,1H3. The summed E-state index contributed by atoms with van der Waals surface area (Å²) in [5, 5.41) is 21.2. The van der Waals surface area contributed by atoms with E-state index >= 15 is 0 Å². The van der Waals surface area contributed by atoms with Crippen LogP contribution in [0.5, 0.6) is 0 Å². The Morgan fingerprint density at radius 1 is 1.36 bits per heavy atom. The van der Waals surface area contributed by atoms with Gasteiger partial charge in [-0.3, -0.25) is 0 Å². The molecule has 0 aliphatic rings. The number of rotatable bonds is 0. The van der Waals surface area contributed by atoms with E-state index in [4.69, 9.17) is 5.26 Å². The van der Waals surface area contributed by atoms with Crippen LogP contribution in [0.3, 0.4) is 0 Å². The van der Waals surface area contributed by atoms with Gasteiger partial charge in [0.2, 0.25) is 5.52 Å². The Morgan fingerprint density at radius 3 is 2.79 bits per heavy atom. The first-order chi connectivity index (χ1) is 6.74. The van der Waals surface area contributed by atoms with Crippen molar-refractivity contribution in [3.05, 3.63) is 46.8 Å². The zero-order chi connectivity index (χ0) is 10.1. The van der Waals surface area contributed by atoms with Crippen molar-refractivity contribution in [3.8, 4) is 6.07 Å². The number of hydrogen-bond acceptors (Lipinski definition) is 2. The van der Waals surface area contributed by atoms with Crippen LogP contribution in [0.15, 0.2) is 30.3 Å². The minimum Gasteiger partial charge on any atom is -0.617 e. The lowest BCUT2D eigenvalue weighted by molar-refractivity contribution is -0.580. The van der Waals surface area contributed by atoms with E-state index in [2.05, 4.69) is 0 Å². The number of nitriles is 1. The summed E-state index contributed by atoms with van der Waals surface area (Å²) in [7, 11) is 0. The number of hydrogen-bond donors (Lipinski definition) is 0. The van der Waals surface area contributed by atoms with Crippen molar-refractivity contribution in [1.82, 2.24) is 0 Å². The molecule has 68 valence electrons. The van der Waals surface area contributed by atoms with Crippen molar-refractivity contribution in [2.45, 2.75) is 6.92 Å². The maximum atomic E-state index is 11.6. The summed E-state index contributed by atoms with van der Waals surface area (Å²) < 4.78 is 0.669. The normalized spacial score (nSPS) is 10.0. The van der Waals surface area contributed by atoms with Gasteiger partial charge in [0.25, 0.3) is 5.69 Å². The fourth-order valence-electron chi connectivity index (χ4n) is 1.53. The lowest BCUT2D eigenvalue weighted by Crippen LogP contribution is -2.31. The van der Waals surface area contributed by atoms with E-state index in [1.165, 1.54) is 0 Å². The minimum atomic E-state index is 0.140. The predicted octanol–water partition coefficient (Wildman–Crippen LogP) is 1.65. The molecular formula is C11H8N2O. The maximum absolute atomic E-state index is 11.6. The van der Waals surface area contributed by atoms with Gasteiger partial charge >= 0.3 is 0 Å². The molecule has 2 aromatic rings. The second-order valence-corrected chi connectivity index (χ2v) is 3.14. The van der Waals surface area contributed by atoms with Gasteiger partial charge in [0.05, 0.1) is 5.39 Å². The molecule has 0 N–H and O–H groups in total. The number of fused-ring (bicyclic) bond motifs is 1. The molecule has 0 amide bonds. The van der Waals surface area contributed by atoms with Crippen LogP contribution < -0.4 is 4.73 Å². The molecular weight excluding hydrogens is 176 g/mol. The smallest absolute Gasteiger partial charge is 0.295 e. The fraction of sp³-hybridized carbons (Fsp3) is 0.0909. The van der Waals surface area contributed by atoms with Crippen LogP contribution in [0.25, 0.3) is 10.9 Å². The third-order valence-electron chi connectivity index (χ3n) is 2.23. The first kappa shape index (κ1) is 8.52. The Bertz CT molecular complexity index is 541. The molecule has 0 radical (unpaired) electrons. The van der Waals surface area contributed by atoms with Crippen molar-refractivity contribution in [2.75, 3.05) is 0 Å². The zero-order valence-corrected chi connectivity index (χ0v) is 7.69. The van der Waals surface area contributed by atoms with Crippen molar-refractivity contribution in [3.63, 3.8) is 0 Å². The van der Waals surface area contributed by atoms with Crippen LogP contribution in [0.2, 0.25) is 0 Å². The van der Waals surface area contributed by atoms with Crippen molar-refractivity contribution >= 4 is 10.9 Å². The van der Waals surface area contributed by atoms with Crippen molar-refractivity contribution in [1.29, 1.82) is 5.26 Å². The van der Waals surface area contributed by atoms with E-state index in [0.29, 0.717) is 10.2 Å². The monoisotopic (exact) mass is 184 g/mol. The number of pyridine rings is 1. The number of nitrogens with zero attached hydrogens (tertiary/aromatic N) is 2. The minimum absolute atomic E-state index is 0.140. The molecule has 1 aromatic heterocycles. The van der Waals surface area contributed by atoms with Crippen molar-refractivity contribution in [2.24, 2.45) is 0 Å². The van der Waals surface area contributed by atoms with Crippen molar-refractivity contribution < 1.29 is 4.73 Å². The molecule has 0 spiro atoms. The van der Waals surface area contributed by atoms with Gasteiger partial charge in [0.15, 0.2) is 6.07 Å². The molecule has 0 atom stereocenters. The average molecular weight is 184 g/mol. The molecule has 3 heteroatoms. The molecule has 0 aliphatic carbocycles. The molecule has 14 heavy (non-hydrogen) atoms. The highest BCUT2D eigenvalue weighted by atomic mass is 16.5. The molecule has 0 bridgehead atoms. The maximum Gasteiger partial charge on any atom is 0.295 e. The van der Waals surface area contributed by atoms with Gasteiger partial charge in [0.1, 0.15) is 0 Å². The molecule has 1 heterocycles. The van der Waals surface area contributed by atoms with Crippen LogP contribution in [0.1, 0.15) is 11.3 Å². The number of aromatic nitrogens is 1. The van der Waals surface area contributed by atoms with E-state index in [0.717, 1.165) is 10.9 Å². The Hall–Kier alpha value is -2.08. The van der Waals surface area contributed by atoms with E-state index in [1.54, 1.807) is 18.2 Å². The molecule has 2 rings (SSSR count). The van der Waals surface area contributed by atoms with Crippen LogP contribution in [0.4, 0.5) is 0 Å². The molecule has 0 saturated carbocycles. The van der Waals surface area contributed by atoms with Gasteiger partial charge in [0, 0.05) is 12.1 Å². The fourth-order valence-corrected chi connectivity index (χ4v) is 1.53. The van der Waals surface area contributed by atoms with E-state index in [1.807, 2.05) is 25.1 Å². The van der Waals surface area contributed by atoms with Gasteiger partial charge in [-0.15, -0.1) is 0 Å². The molecule has 1 aromatic carbocycles. The van der Waals surface area contributed by atoms with Gasteiger partial charge < -0.3 is 5.21 Å². The largest absolute Gasteiger partial charge is 0.617 e. The number of aryl methyl sites for hydroxylation is 1. The second kappa shape index (κ2) is 3.00. The van der Waals surface area contributed by atoms with Gasteiger partial charge in [-0.2, -0.15) is 9.99 Å². The lowest BCUT2D eigenvalue weighted by atomic mass is 10.1. The number of para-hydroxylation sites is 1. The second-order valence-electron chi connectivity index (χ2n) is 3.14. The summed E-state index contributed by atoms with van der Waals surface area (Å²) in [4.78, 5) is 0. The lowest BCUT2D eigenvalue weighted by Gasteiger charge is -2.04. The topological polar surface area (TPSA) is 50.7 Å². The van der Waals surface area contributed by atoms with Crippen LogP contribution >= 0.6 is 0 Å². The summed E-state index contributed by atoms with van der Waals surface area (Å²) in [6.07, 6.45) is 0. The molecule has 0 aliphatic heterocycles. The van der Waals surface area contributed by atoms with Gasteiger partial charge in [-0.1, -0.05) is 12.1 Å². The highest BCUT2D eigenvalue weighted by molar-refractivity contribution is 5.79. The third-order valence-corrected chi connectivity index (χ3v) is 2.23. The summed E-state index contributed by atoms with van der Waals surface area (Å²) in [6.45, 7) is 1.89. The highest BCUT2D eigenvalue weighted by Gasteiger charge is 2.11. The van der Waals surface area contributed by atoms with Crippen LogP contribution in [-0.4, -0.2) is 0 Å². The first-order valence-electron chi connectivity index (χ1n) is 4.26. The summed E-state index contributed by atoms with van der Waals surface area (Å²) >= 11 is 0. The van der Waals surface area contributed by atoms with E-state index in [9.17, 15) is 5.21 Å². The summed E-state index contributed by atoms with van der Waals surface area (Å²) in [5.74, 6) is 0. The Morgan fingerprint density at radius 2 is 2.07 bits per heavy atom. The number of benzene rings is 1. The Labute approximate surface area is 81.4 Å². The van der Waals surface area contributed by atoms with Gasteiger partial charge in [-0.05, 0) is 18.6 Å². The van der Waals surface area contributed by atoms with E-state index in [-0.39, 0.29) is 5.69 Å². The predicted molar refractivity (Wildman–Crippen MR) is 52.4 cm³/mol. The molecule has 0 saturated heterocycles. The third kappa shape index (κ3) is 1.09. The Balaban J connectivity index is 2.96. The zero-order valence-electron chi connectivity index (χ0n) is 7.69. The Kier molecular flexibility index (Phi) is 1.83. The summed E-state index contributed by atoms with van der Waals surface area (Å²) in [5.41, 5.74) is 1.63. The quantitative estimate of drug-likeness (QED) is 0.461. The van der Waals surface area contributed by atoms with Crippen LogP contribution in [-0.2, 0) is 0 Å².